The molecule has 2 unspecified atom stereocenters. The van der Waals surface area contributed by atoms with Crippen LogP contribution in [-0.2, 0) is 9.47 Å². The van der Waals surface area contributed by atoms with Gasteiger partial charge in [-0.2, -0.15) is 0 Å². The fraction of sp³-hybridized carbons (Fsp3) is 1.00. The molecule has 0 saturated carbocycles. The van der Waals surface area contributed by atoms with Crippen molar-refractivity contribution in [2.45, 2.75) is 31.4 Å². The molecule has 1 rings (SSSR count). The van der Waals surface area contributed by atoms with Gasteiger partial charge in [-0.05, 0) is 26.8 Å². The van der Waals surface area contributed by atoms with E-state index in [0.717, 1.165) is 32.6 Å². The van der Waals surface area contributed by atoms with Crippen LogP contribution in [0.1, 0.15) is 19.8 Å². The SMILES string of the molecule is COCCCN(C)C1(CN)CCOC1C. The number of hydrogen-bond donors (Lipinski definition) is 1. The Labute approximate surface area is 92.7 Å². The van der Waals surface area contributed by atoms with E-state index in [0.29, 0.717) is 6.54 Å². The predicted molar refractivity (Wildman–Crippen MR) is 60.9 cm³/mol. The number of hydrogen-bond acceptors (Lipinski definition) is 4. The predicted octanol–water partition coefficient (Wildman–Crippen LogP) is 0.461. The number of nitrogens with two attached hydrogens (primary N) is 1. The van der Waals surface area contributed by atoms with Crippen LogP contribution in [0.15, 0.2) is 0 Å². The Morgan fingerprint density at radius 2 is 2.33 bits per heavy atom. The molecule has 1 heterocycles. The molecule has 4 heteroatoms. The third-order valence-corrected chi connectivity index (χ3v) is 3.62. The van der Waals surface area contributed by atoms with Gasteiger partial charge >= 0.3 is 0 Å². The van der Waals surface area contributed by atoms with Crippen molar-refractivity contribution in [2.75, 3.05) is 40.5 Å². The van der Waals surface area contributed by atoms with E-state index in [4.69, 9.17) is 15.2 Å². The molecule has 0 aromatic rings. The number of ether oxygens (including phenoxy) is 2. The highest BCUT2D eigenvalue weighted by Crippen LogP contribution is 2.30. The molecule has 0 radical (unpaired) electrons. The zero-order valence-corrected chi connectivity index (χ0v) is 10.2. The second kappa shape index (κ2) is 5.80. The van der Waals surface area contributed by atoms with Crippen molar-refractivity contribution in [2.24, 2.45) is 5.73 Å². The van der Waals surface area contributed by atoms with E-state index in [9.17, 15) is 0 Å². The molecule has 1 aliphatic rings. The second-order valence-corrected chi connectivity index (χ2v) is 4.34. The molecule has 4 nitrogen and oxygen atoms in total. The van der Waals surface area contributed by atoms with Gasteiger partial charge in [0, 0.05) is 33.4 Å². The number of methoxy groups -OCH3 is 1. The lowest BCUT2D eigenvalue weighted by Gasteiger charge is -2.40. The van der Waals surface area contributed by atoms with Gasteiger partial charge in [-0.25, -0.2) is 0 Å². The quantitative estimate of drug-likeness (QED) is 0.655. The summed E-state index contributed by atoms with van der Waals surface area (Å²) in [6, 6.07) is 0. The lowest BCUT2D eigenvalue weighted by Crippen LogP contribution is -2.56. The van der Waals surface area contributed by atoms with Crippen molar-refractivity contribution >= 4 is 0 Å². The van der Waals surface area contributed by atoms with E-state index >= 15 is 0 Å². The first-order valence-electron chi connectivity index (χ1n) is 5.69. The van der Waals surface area contributed by atoms with E-state index in [1.807, 2.05) is 0 Å². The lowest BCUT2D eigenvalue weighted by molar-refractivity contribution is 0.0247. The molecule has 2 atom stereocenters. The summed E-state index contributed by atoms with van der Waals surface area (Å²) in [7, 11) is 3.87. The summed E-state index contributed by atoms with van der Waals surface area (Å²) in [6.45, 7) is 5.43. The van der Waals surface area contributed by atoms with Crippen molar-refractivity contribution in [1.82, 2.24) is 4.90 Å². The normalized spacial score (nSPS) is 31.4. The minimum atomic E-state index is 0.0355. The van der Waals surface area contributed by atoms with Crippen molar-refractivity contribution in [3.05, 3.63) is 0 Å². The van der Waals surface area contributed by atoms with Crippen molar-refractivity contribution in [3.8, 4) is 0 Å². The summed E-state index contributed by atoms with van der Waals surface area (Å²) in [5.41, 5.74) is 5.95. The Hall–Kier alpha value is -0.160. The molecule has 2 N–H and O–H groups in total. The molecule has 90 valence electrons. The number of rotatable bonds is 6. The molecule has 0 aliphatic carbocycles. The number of nitrogens with zero attached hydrogens (tertiary/aromatic N) is 1. The maximum Gasteiger partial charge on any atom is 0.0743 e. The van der Waals surface area contributed by atoms with Crippen LogP contribution in [-0.4, -0.2) is 57.0 Å². The maximum absolute atomic E-state index is 5.91. The highest BCUT2D eigenvalue weighted by Gasteiger charge is 2.43. The van der Waals surface area contributed by atoms with Crippen molar-refractivity contribution < 1.29 is 9.47 Å². The van der Waals surface area contributed by atoms with Gasteiger partial charge in [-0.1, -0.05) is 0 Å². The monoisotopic (exact) mass is 216 g/mol. The molecule has 15 heavy (non-hydrogen) atoms. The summed E-state index contributed by atoms with van der Waals surface area (Å²) in [5, 5.41) is 0. The fourth-order valence-electron chi connectivity index (χ4n) is 2.36. The van der Waals surface area contributed by atoms with Gasteiger partial charge in [0.1, 0.15) is 0 Å². The van der Waals surface area contributed by atoms with Crippen LogP contribution in [0.3, 0.4) is 0 Å². The smallest absolute Gasteiger partial charge is 0.0743 e. The Balaban J connectivity index is 2.49. The topological polar surface area (TPSA) is 47.7 Å². The van der Waals surface area contributed by atoms with Gasteiger partial charge < -0.3 is 15.2 Å². The third-order valence-electron chi connectivity index (χ3n) is 3.62. The Morgan fingerprint density at radius 3 is 2.80 bits per heavy atom. The molecular formula is C11H24N2O2. The van der Waals surface area contributed by atoms with E-state index in [-0.39, 0.29) is 11.6 Å². The molecule has 0 bridgehead atoms. The second-order valence-electron chi connectivity index (χ2n) is 4.34. The third kappa shape index (κ3) is 2.69. The van der Waals surface area contributed by atoms with E-state index < -0.39 is 0 Å². The minimum Gasteiger partial charge on any atom is -0.385 e. The van der Waals surface area contributed by atoms with Crippen LogP contribution < -0.4 is 5.73 Å². The van der Waals surface area contributed by atoms with Gasteiger partial charge in [0.25, 0.3) is 0 Å². The molecule has 0 spiro atoms. The minimum absolute atomic E-state index is 0.0355. The summed E-state index contributed by atoms with van der Waals surface area (Å²) in [5.74, 6) is 0. The average Bonchev–Trinajstić information content (AvgIpc) is 2.61. The summed E-state index contributed by atoms with van der Waals surface area (Å²) in [4.78, 5) is 2.34. The first kappa shape index (κ1) is 12.9. The summed E-state index contributed by atoms with van der Waals surface area (Å²) >= 11 is 0. The van der Waals surface area contributed by atoms with Gasteiger partial charge in [0.15, 0.2) is 0 Å². The highest BCUT2D eigenvalue weighted by molar-refractivity contribution is 4.99. The fourth-order valence-corrected chi connectivity index (χ4v) is 2.36. The summed E-state index contributed by atoms with van der Waals surface area (Å²) in [6.07, 6.45) is 2.31. The Kier molecular flexibility index (Phi) is 4.99. The summed E-state index contributed by atoms with van der Waals surface area (Å²) < 4.78 is 10.7. The van der Waals surface area contributed by atoms with Crippen LogP contribution in [0, 0.1) is 0 Å². The molecule has 0 aromatic heterocycles. The molecule has 1 fully saturated rings. The van der Waals surface area contributed by atoms with Gasteiger partial charge in [-0.15, -0.1) is 0 Å². The van der Waals surface area contributed by atoms with E-state index in [1.165, 1.54) is 0 Å². The lowest BCUT2D eigenvalue weighted by atomic mass is 9.90. The van der Waals surface area contributed by atoms with Crippen LogP contribution >= 0.6 is 0 Å². The van der Waals surface area contributed by atoms with Gasteiger partial charge in [0.05, 0.1) is 11.6 Å². The average molecular weight is 216 g/mol. The first-order valence-corrected chi connectivity index (χ1v) is 5.69. The molecule has 1 saturated heterocycles. The molecule has 1 aliphatic heterocycles. The van der Waals surface area contributed by atoms with E-state index in [1.54, 1.807) is 7.11 Å². The van der Waals surface area contributed by atoms with Crippen LogP contribution in [0.4, 0.5) is 0 Å². The zero-order chi connectivity index (χ0) is 11.3. The van der Waals surface area contributed by atoms with Crippen LogP contribution in [0.5, 0.6) is 0 Å². The standard InChI is InChI=1S/C11H24N2O2/c1-10-11(9-12,5-8-15-10)13(2)6-4-7-14-3/h10H,4-9,12H2,1-3H3. The van der Waals surface area contributed by atoms with Crippen molar-refractivity contribution in [3.63, 3.8) is 0 Å². The van der Waals surface area contributed by atoms with Gasteiger partial charge in [-0.3, -0.25) is 4.90 Å². The highest BCUT2D eigenvalue weighted by atomic mass is 16.5. The Bertz CT molecular complexity index is 189. The number of likely N-dealkylation sites (N-methyl/N-ethyl adjacent to an activating group) is 1. The van der Waals surface area contributed by atoms with Crippen molar-refractivity contribution in [1.29, 1.82) is 0 Å². The first-order chi connectivity index (χ1) is 7.17. The van der Waals surface area contributed by atoms with Crippen LogP contribution in [0.2, 0.25) is 0 Å². The van der Waals surface area contributed by atoms with Crippen LogP contribution in [0.25, 0.3) is 0 Å². The van der Waals surface area contributed by atoms with Gasteiger partial charge in [0.2, 0.25) is 0 Å². The van der Waals surface area contributed by atoms with E-state index in [2.05, 4.69) is 18.9 Å². The largest absolute Gasteiger partial charge is 0.385 e. The maximum atomic E-state index is 5.91. The molecule has 0 aromatic carbocycles. The molecule has 0 amide bonds. The Morgan fingerprint density at radius 1 is 1.60 bits per heavy atom. The molecular weight excluding hydrogens is 192 g/mol. The zero-order valence-electron chi connectivity index (χ0n) is 10.2.